The van der Waals surface area contributed by atoms with Crippen molar-refractivity contribution in [1.82, 2.24) is 0 Å². The number of anilines is 3. The van der Waals surface area contributed by atoms with E-state index in [1.165, 1.54) is 100 Å². The van der Waals surface area contributed by atoms with Crippen LogP contribution in [0, 0.1) is 0 Å². The minimum absolute atomic E-state index is 1.17. The largest absolute Gasteiger partial charge is 0.308 e. The number of benzene rings is 9. The molecule has 1 nitrogen and oxygen atoms in total. The zero-order valence-electron chi connectivity index (χ0n) is 26.4. The van der Waals surface area contributed by atoms with E-state index < -0.39 is 0 Å². The van der Waals surface area contributed by atoms with Crippen molar-refractivity contribution in [3.05, 3.63) is 164 Å². The molecule has 9 aromatic carbocycles. The number of fused-ring (bicyclic) bond motifs is 13. The van der Waals surface area contributed by atoms with Crippen molar-refractivity contribution in [2.45, 2.75) is 0 Å². The normalized spacial score (nSPS) is 12.1. The first-order valence-electron chi connectivity index (χ1n) is 16.7. The van der Waals surface area contributed by atoms with Crippen molar-refractivity contribution in [1.29, 1.82) is 0 Å². The first-order valence-corrected chi connectivity index (χ1v) is 18.3. The Bertz CT molecular complexity index is 3130. The highest BCUT2D eigenvalue weighted by Gasteiger charge is 2.21. The van der Waals surface area contributed by atoms with E-state index in [0.29, 0.717) is 0 Å². The zero-order valence-corrected chi connectivity index (χ0v) is 28.0. The number of rotatable bonds is 3. The molecule has 2 heterocycles. The molecule has 3 heteroatoms. The molecule has 0 spiro atoms. The molecule has 11 aromatic rings. The van der Waals surface area contributed by atoms with Crippen LogP contribution >= 0.6 is 22.7 Å². The molecule has 0 amide bonds. The fraction of sp³-hybridized carbons (Fsp3) is 0. The van der Waals surface area contributed by atoms with Crippen LogP contribution in [0.1, 0.15) is 0 Å². The lowest BCUT2D eigenvalue weighted by molar-refractivity contribution is 1.33. The Balaban J connectivity index is 1.22. The van der Waals surface area contributed by atoms with E-state index in [0.717, 1.165) is 0 Å². The van der Waals surface area contributed by atoms with Gasteiger partial charge in [-0.1, -0.05) is 133 Å². The Morgan fingerprint density at radius 1 is 0.306 bits per heavy atom. The smallest absolute Gasteiger partial charge is 0.0640 e. The summed E-state index contributed by atoms with van der Waals surface area (Å²) in [5, 5.41) is 15.5. The lowest BCUT2D eigenvalue weighted by Crippen LogP contribution is -2.10. The second-order valence-electron chi connectivity index (χ2n) is 12.9. The number of hydrogen-bond donors (Lipinski definition) is 0. The van der Waals surface area contributed by atoms with Crippen molar-refractivity contribution in [2.75, 3.05) is 4.90 Å². The summed E-state index contributed by atoms with van der Waals surface area (Å²) in [6.45, 7) is 0. The van der Waals surface area contributed by atoms with Gasteiger partial charge in [0.2, 0.25) is 0 Å². The first-order chi connectivity index (χ1) is 24.3. The van der Waals surface area contributed by atoms with Gasteiger partial charge in [0.1, 0.15) is 0 Å². The van der Waals surface area contributed by atoms with E-state index in [-0.39, 0.29) is 0 Å². The zero-order chi connectivity index (χ0) is 32.1. The summed E-state index contributed by atoms with van der Waals surface area (Å²) < 4.78 is 5.27. The molecule has 0 aliphatic carbocycles. The van der Waals surface area contributed by atoms with Crippen molar-refractivity contribution in [2.24, 2.45) is 0 Å². The lowest BCUT2D eigenvalue weighted by atomic mass is 9.96. The van der Waals surface area contributed by atoms with Crippen molar-refractivity contribution >= 4 is 123 Å². The molecule has 2 aromatic heterocycles. The maximum atomic E-state index is 2.51. The SMILES string of the molecule is c1ccc2c(c1)ccc1c3cccc(N(c4ccc5c(c4)sc4c6ccccc6ccc54)c4cccc5c4sc4ccccc45)c3ccc21. The molecule has 0 saturated heterocycles. The van der Waals surface area contributed by atoms with Crippen LogP contribution in [0.25, 0.3) is 83.4 Å². The molecular weight excluding hydrogens is 631 g/mol. The summed E-state index contributed by atoms with van der Waals surface area (Å²) in [5.41, 5.74) is 3.55. The minimum Gasteiger partial charge on any atom is -0.308 e. The Morgan fingerprint density at radius 3 is 1.71 bits per heavy atom. The first kappa shape index (κ1) is 27.2. The standard InChI is InChI=1S/C46H27NS2/c1-3-11-31-28(9-1)19-22-35-33-14-7-16-41(36(33)26-25-34(31)35)47(42-17-8-15-39-37-13-5-6-18-43(37)48-46(39)42)30-21-24-38-40-23-20-29-10-2-4-12-32(29)45(40)49-44(38)27-30/h1-27H. The number of nitrogens with zero attached hydrogens (tertiary/aromatic N) is 1. The topological polar surface area (TPSA) is 3.24 Å². The van der Waals surface area contributed by atoms with Crippen LogP contribution in [0.3, 0.4) is 0 Å². The second-order valence-corrected chi connectivity index (χ2v) is 15.0. The van der Waals surface area contributed by atoms with Gasteiger partial charge in [0, 0.05) is 46.7 Å². The molecule has 0 bridgehead atoms. The summed E-state index contributed by atoms with van der Waals surface area (Å²) in [5.74, 6) is 0. The van der Waals surface area contributed by atoms with Gasteiger partial charge in [-0.15, -0.1) is 22.7 Å². The number of hydrogen-bond acceptors (Lipinski definition) is 3. The predicted molar refractivity (Wildman–Crippen MR) is 217 cm³/mol. The molecular formula is C46H27NS2. The average molecular weight is 658 g/mol. The highest BCUT2D eigenvalue weighted by Crippen LogP contribution is 2.49. The maximum Gasteiger partial charge on any atom is 0.0640 e. The molecule has 49 heavy (non-hydrogen) atoms. The van der Waals surface area contributed by atoms with Gasteiger partial charge in [-0.2, -0.15) is 0 Å². The van der Waals surface area contributed by atoms with Crippen LogP contribution in [-0.2, 0) is 0 Å². The van der Waals surface area contributed by atoms with E-state index in [4.69, 9.17) is 0 Å². The van der Waals surface area contributed by atoms with E-state index in [1.807, 2.05) is 22.7 Å². The van der Waals surface area contributed by atoms with Crippen LogP contribution in [0.15, 0.2) is 164 Å². The lowest BCUT2D eigenvalue weighted by Gasteiger charge is -2.28. The maximum absolute atomic E-state index is 2.51. The van der Waals surface area contributed by atoms with Gasteiger partial charge < -0.3 is 4.90 Å². The highest BCUT2D eigenvalue weighted by atomic mass is 32.1. The quantitative estimate of drug-likeness (QED) is 0.171. The molecule has 0 saturated carbocycles. The van der Waals surface area contributed by atoms with Gasteiger partial charge >= 0.3 is 0 Å². The summed E-state index contributed by atoms with van der Waals surface area (Å²) in [4.78, 5) is 2.51. The molecule has 11 rings (SSSR count). The van der Waals surface area contributed by atoms with Crippen molar-refractivity contribution in [3.8, 4) is 0 Å². The van der Waals surface area contributed by atoms with Crippen molar-refractivity contribution < 1.29 is 0 Å². The highest BCUT2D eigenvalue weighted by molar-refractivity contribution is 7.27. The molecule has 0 fully saturated rings. The molecule has 0 unspecified atom stereocenters. The van der Waals surface area contributed by atoms with Gasteiger partial charge in [-0.25, -0.2) is 0 Å². The van der Waals surface area contributed by atoms with E-state index in [1.54, 1.807) is 0 Å². The van der Waals surface area contributed by atoms with E-state index >= 15 is 0 Å². The Kier molecular flexibility index (Phi) is 5.77. The Hall–Kier alpha value is -5.74. The second kappa shape index (κ2) is 10.4. The third kappa shape index (κ3) is 3.98. The molecule has 0 aliphatic rings. The monoisotopic (exact) mass is 657 g/mol. The molecule has 0 atom stereocenters. The Labute approximate surface area is 290 Å². The van der Waals surface area contributed by atoms with Gasteiger partial charge in [0.15, 0.2) is 0 Å². The van der Waals surface area contributed by atoms with Crippen LogP contribution in [0.5, 0.6) is 0 Å². The van der Waals surface area contributed by atoms with Gasteiger partial charge in [0.25, 0.3) is 0 Å². The third-order valence-corrected chi connectivity index (χ3v) is 12.6. The fourth-order valence-electron chi connectivity index (χ4n) is 7.98. The summed E-state index contributed by atoms with van der Waals surface area (Å²) >= 11 is 3.79. The molecule has 0 N–H and O–H groups in total. The molecule has 0 radical (unpaired) electrons. The average Bonchev–Trinajstić information content (AvgIpc) is 3.74. The van der Waals surface area contributed by atoms with Crippen LogP contribution in [0.4, 0.5) is 17.1 Å². The van der Waals surface area contributed by atoms with E-state index in [2.05, 4.69) is 169 Å². The number of thiophene rings is 2. The summed E-state index contributed by atoms with van der Waals surface area (Å²) in [6, 6.07) is 60.7. The third-order valence-electron chi connectivity index (χ3n) is 10.2. The fourth-order valence-corrected chi connectivity index (χ4v) is 10.5. The van der Waals surface area contributed by atoms with Crippen LogP contribution < -0.4 is 4.90 Å². The van der Waals surface area contributed by atoms with Crippen molar-refractivity contribution in [3.63, 3.8) is 0 Å². The predicted octanol–water partition coefficient (Wildman–Crippen LogP) is 14.5. The molecule has 0 aliphatic heterocycles. The summed E-state index contributed by atoms with van der Waals surface area (Å²) in [6.07, 6.45) is 0. The van der Waals surface area contributed by atoms with Crippen LogP contribution in [0.2, 0.25) is 0 Å². The van der Waals surface area contributed by atoms with Crippen LogP contribution in [-0.4, -0.2) is 0 Å². The van der Waals surface area contributed by atoms with Gasteiger partial charge in [-0.05, 0) is 68.0 Å². The molecule has 228 valence electrons. The summed E-state index contributed by atoms with van der Waals surface area (Å²) in [7, 11) is 0. The van der Waals surface area contributed by atoms with E-state index in [9.17, 15) is 0 Å². The van der Waals surface area contributed by atoms with Gasteiger partial charge in [-0.3, -0.25) is 0 Å². The Morgan fingerprint density at radius 2 is 0.837 bits per heavy atom. The minimum atomic E-state index is 1.17. The van der Waals surface area contributed by atoms with Gasteiger partial charge in [0.05, 0.1) is 16.1 Å².